The molecule has 1 heterocycles. The second-order valence-corrected chi connectivity index (χ2v) is 5.46. The monoisotopic (exact) mass is 341 g/mol. The Balaban J connectivity index is 1.91. The van der Waals surface area contributed by atoms with Gasteiger partial charge in [-0.25, -0.2) is 0 Å². The molecule has 0 spiro atoms. The second kappa shape index (κ2) is 5.54. The molecule has 0 radical (unpaired) electrons. The number of hydrogen-bond acceptors (Lipinski definition) is 3. The summed E-state index contributed by atoms with van der Waals surface area (Å²) in [6, 6.07) is 14.5. The van der Waals surface area contributed by atoms with E-state index >= 15 is 0 Å². The van der Waals surface area contributed by atoms with E-state index in [2.05, 4.69) is 26.2 Å². The summed E-state index contributed by atoms with van der Waals surface area (Å²) in [5, 5.41) is 3.77. The lowest BCUT2D eigenvalue weighted by atomic mass is 10.1. The Bertz CT molecular complexity index is 833. The van der Waals surface area contributed by atoms with E-state index in [4.69, 9.17) is 5.73 Å². The topological polar surface area (TPSA) is 68.0 Å². The summed E-state index contributed by atoms with van der Waals surface area (Å²) in [5.41, 5.74) is 8.41. The van der Waals surface area contributed by atoms with Gasteiger partial charge in [0.25, 0.3) is 5.91 Å². The number of nitrogens with zero attached hydrogens (tertiary/aromatic N) is 1. The minimum Gasteiger partial charge on any atom is -0.399 e. The van der Waals surface area contributed by atoms with Gasteiger partial charge in [-0.05, 0) is 58.4 Å². The lowest BCUT2D eigenvalue weighted by molar-refractivity contribution is 0.102. The molecule has 0 saturated carbocycles. The summed E-state index contributed by atoms with van der Waals surface area (Å²) in [5.74, 6) is -0.188. The Labute approximate surface area is 130 Å². The van der Waals surface area contributed by atoms with Crippen LogP contribution in [0.5, 0.6) is 0 Å². The quantitative estimate of drug-likeness (QED) is 0.696. The standard InChI is InChI=1S/C16H12BrN3O/c17-13-5-4-12(18)9-15(13)20-16(21)11-3-6-14-10(8-11)2-1-7-19-14/h1-9H,18H2,(H,20,21). The zero-order chi connectivity index (χ0) is 14.8. The maximum atomic E-state index is 12.3. The molecule has 3 aromatic rings. The van der Waals surface area contributed by atoms with Gasteiger partial charge in [0.15, 0.2) is 0 Å². The first kappa shape index (κ1) is 13.6. The van der Waals surface area contributed by atoms with E-state index in [0.29, 0.717) is 16.9 Å². The minimum absolute atomic E-state index is 0.188. The fourth-order valence-corrected chi connectivity index (χ4v) is 2.40. The van der Waals surface area contributed by atoms with Gasteiger partial charge in [-0.1, -0.05) is 6.07 Å². The SMILES string of the molecule is Nc1ccc(Br)c(NC(=O)c2ccc3ncccc3c2)c1. The van der Waals surface area contributed by atoms with Crippen molar-refractivity contribution in [3.63, 3.8) is 0 Å². The maximum absolute atomic E-state index is 12.3. The number of aromatic nitrogens is 1. The van der Waals surface area contributed by atoms with E-state index in [1.165, 1.54) is 0 Å². The van der Waals surface area contributed by atoms with Crippen LogP contribution in [0.3, 0.4) is 0 Å². The van der Waals surface area contributed by atoms with Crippen LogP contribution < -0.4 is 11.1 Å². The number of nitrogens with two attached hydrogens (primary N) is 1. The molecule has 0 aliphatic carbocycles. The molecule has 0 bridgehead atoms. The number of hydrogen-bond donors (Lipinski definition) is 2. The van der Waals surface area contributed by atoms with E-state index < -0.39 is 0 Å². The number of anilines is 2. The Kier molecular flexibility index (Phi) is 3.58. The van der Waals surface area contributed by atoms with Crippen molar-refractivity contribution in [2.45, 2.75) is 0 Å². The van der Waals surface area contributed by atoms with Crippen LogP contribution in [0, 0.1) is 0 Å². The molecule has 3 rings (SSSR count). The number of fused-ring (bicyclic) bond motifs is 1. The molecule has 0 saturated heterocycles. The van der Waals surface area contributed by atoms with E-state index in [1.54, 1.807) is 30.5 Å². The van der Waals surface area contributed by atoms with Gasteiger partial charge in [-0.2, -0.15) is 0 Å². The number of benzene rings is 2. The van der Waals surface area contributed by atoms with Crippen molar-refractivity contribution < 1.29 is 4.79 Å². The number of rotatable bonds is 2. The van der Waals surface area contributed by atoms with Crippen molar-refractivity contribution in [1.82, 2.24) is 4.98 Å². The lowest BCUT2D eigenvalue weighted by Gasteiger charge is -2.09. The third-order valence-corrected chi connectivity index (χ3v) is 3.80. The molecule has 21 heavy (non-hydrogen) atoms. The van der Waals surface area contributed by atoms with Crippen molar-refractivity contribution in [3.05, 3.63) is 64.8 Å². The van der Waals surface area contributed by atoms with Crippen molar-refractivity contribution >= 4 is 44.1 Å². The molecule has 0 aliphatic rings. The maximum Gasteiger partial charge on any atom is 0.255 e. The summed E-state index contributed by atoms with van der Waals surface area (Å²) < 4.78 is 0.785. The molecule has 1 aromatic heterocycles. The molecule has 1 amide bonds. The van der Waals surface area contributed by atoms with Crippen molar-refractivity contribution in [1.29, 1.82) is 0 Å². The summed E-state index contributed by atoms with van der Waals surface area (Å²) >= 11 is 3.39. The molecule has 0 aliphatic heterocycles. The Morgan fingerprint density at radius 3 is 2.86 bits per heavy atom. The Morgan fingerprint density at radius 2 is 2.00 bits per heavy atom. The fourth-order valence-electron chi connectivity index (χ4n) is 2.05. The fraction of sp³-hybridized carbons (Fsp3) is 0. The minimum atomic E-state index is -0.188. The number of carbonyl (C=O) groups is 1. The van der Waals surface area contributed by atoms with Crippen molar-refractivity contribution in [3.8, 4) is 0 Å². The predicted molar refractivity (Wildman–Crippen MR) is 88.3 cm³/mol. The first-order valence-corrected chi connectivity index (χ1v) is 7.14. The molecular formula is C16H12BrN3O. The smallest absolute Gasteiger partial charge is 0.255 e. The van der Waals surface area contributed by atoms with E-state index in [0.717, 1.165) is 15.4 Å². The normalized spacial score (nSPS) is 10.5. The lowest BCUT2D eigenvalue weighted by Crippen LogP contribution is -2.12. The predicted octanol–water partition coefficient (Wildman–Crippen LogP) is 3.83. The van der Waals surface area contributed by atoms with Crippen molar-refractivity contribution in [2.24, 2.45) is 0 Å². The summed E-state index contributed by atoms with van der Waals surface area (Å²) in [4.78, 5) is 16.6. The van der Waals surface area contributed by atoms with Gasteiger partial charge in [0.1, 0.15) is 0 Å². The van der Waals surface area contributed by atoms with Crippen LogP contribution in [0.2, 0.25) is 0 Å². The van der Waals surface area contributed by atoms with Crippen LogP contribution in [-0.2, 0) is 0 Å². The number of pyridine rings is 1. The van der Waals surface area contributed by atoms with Crippen LogP contribution in [0.25, 0.3) is 10.9 Å². The van der Waals surface area contributed by atoms with Crippen LogP contribution in [0.1, 0.15) is 10.4 Å². The molecule has 4 nitrogen and oxygen atoms in total. The van der Waals surface area contributed by atoms with E-state index in [1.807, 2.05) is 24.3 Å². The molecule has 104 valence electrons. The highest BCUT2D eigenvalue weighted by Gasteiger charge is 2.09. The molecule has 0 atom stereocenters. The highest BCUT2D eigenvalue weighted by molar-refractivity contribution is 9.10. The van der Waals surface area contributed by atoms with E-state index in [-0.39, 0.29) is 5.91 Å². The number of amides is 1. The molecule has 3 N–H and O–H groups in total. The largest absolute Gasteiger partial charge is 0.399 e. The van der Waals surface area contributed by atoms with Gasteiger partial charge in [0.05, 0.1) is 11.2 Å². The zero-order valence-corrected chi connectivity index (χ0v) is 12.6. The number of nitrogen functional groups attached to an aromatic ring is 1. The van der Waals surface area contributed by atoms with Gasteiger partial charge >= 0.3 is 0 Å². The summed E-state index contributed by atoms with van der Waals surface area (Å²) in [6.07, 6.45) is 1.73. The summed E-state index contributed by atoms with van der Waals surface area (Å²) in [7, 11) is 0. The third-order valence-electron chi connectivity index (χ3n) is 3.10. The van der Waals surface area contributed by atoms with Crippen molar-refractivity contribution in [2.75, 3.05) is 11.1 Å². The molecule has 0 unspecified atom stereocenters. The average molecular weight is 342 g/mol. The van der Waals surface area contributed by atoms with Gasteiger partial charge < -0.3 is 11.1 Å². The zero-order valence-electron chi connectivity index (χ0n) is 11.0. The van der Waals surface area contributed by atoms with Crippen LogP contribution >= 0.6 is 15.9 Å². The molecule has 0 fully saturated rings. The molecule has 5 heteroatoms. The average Bonchev–Trinajstić information content (AvgIpc) is 2.50. The van der Waals surface area contributed by atoms with Crippen LogP contribution in [0.4, 0.5) is 11.4 Å². The first-order chi connectivity index (χ1) is 10.1. The third kappa shape index (κ3) is 2.87. The molecular weight excluding hydrogens is 330 g/mol. The van der Waals surface area contributed by atoms with Crippen LogP contribution in [-0.4, -0.2) is 10.9 Å². The number of nitrogens with one attached hydrogen (secondary N) is 1. The van der Waals surface area contributed by atoms with Gasteiger partial charge in [0.2, 0.25) is 0 Å². The Morgan fingerprint density at radius 1 is 1.14 bits per heavy atom. The molecule has 2 aromatic carbocycles. The van der Waals surface area contributed by atoms with E-state index in [9.17, 15) is 4.79 Å². The first-order valence-electron chi connectivity index (χ1n) is 6.34. The number of carbonyl (C=O) groups excluding carboxylic acids is 1. The highest BCUT2D eigenvalue weighted by Crippen LogP contribution is 2.25. The highest BCUT2D eigenvalue weighted by atomic mass is 79.9. The number of halogens is 1. The van der Waals surface area contributed by atoms with Gasteiger partial charge in [-0.15, -0.1) is 0 Å². The second-order valence-electron chi connectivity index (χ2n) is 4.60. The van der Waals surface area contributed by atoms with Gasteiger partial charge in [0, 0.05) is 27.3 Å². The Hall–Kier alpha value is -2.40. The van der Waals surface area contributed by atoms with Crippen LogP contribution in [0.15, 0.2) is 59.2 Å². The summed E-state index contributed by atoms with van der Waals surface area (Å²) in [6.45, 7) is 0. The van der Waals surface area contributed by atoms with Gasteiger partial charge in [-0.3, -0.25) is 9.78 Å².